The van der Waals surface area contributed by atoms with Crippen LogP contribution in [0, 0.1) is 0 Å². The maximum absolute atomic E-state index is 11.7. The standard InChI is InChI=1S/C16H21NO/c1-4-14-15(12(2)18)10-7-11-16(14)17(3)13-8-5-6-9-13/h4,7,10-11,13H,1,5-6,8-9H2,2-3H3. The van der Waals surface area contributed by atoms with Crippen molar-refractivity contribution in [1.82, 2.24) is 0 Å². The van der Waals surface area contributed by atoms with Crippen LogP contribution in [0.25, 0.3) is 6.08 Å². The molecule has 0 aliphatic heterocycles. The van der Waals surface area contributed by atoms with E-state index in [9.17, 15) is 4.79 Å². The minimum Gasteiger partial charge on any atom is -0.371 e. The van der Waals surface area contributed by atoms with Crippen LogP contribution in [-0.4, -0.2) is 18.9 Å². The molecular formula is C16H21NO. The summed E-state index contributed by atoms with van der Waals surface area (Å²) in [5.74, 6) is 0.103. The van der Waals surface area contributed by atoms with E-state index < -0.39 is 0 Å². The lowest BCUT2D eigenvalue weighted by Gasteiger charge is -2.28. The van der Waals surface area contributed by atoms with E-state index in [1.54, 1.807) is 13.0 Å². The molecular weight excluding hydrogens is 222 g/mol. The van der Waals surface area contributed by atoms with Gasteiger partial charge in [-0.2, -0.15) is 0 Å². The SMILES string of the molecule is C=Cc1c(C(C)=O)cccc1N(C)C1CCCC1. The summed E-state index contributed by atoms with van der Waals surface area (Å²) in [5.41, 5.74) is 2.87. The van der Waals surface area contributed by atoms with Crippen LogP contribution in [0.15, 0.2) is 24.8 Å². The highest BCUT2D eigenvalue weighted by atomic mass is 16.1. The average Bonchev–Trinajstić information content (AvgIpc) is 2.90. The number of nitrogens with zero attached hydrogens (tertiary/aromatic N) is 1. The molecule has 0 heterocycles. The Balaban J connectivity index is 2.40. The second kappa shape index (κ2) is 5.38. The normalized spacial score (nSPS) is 15.7. The molecule has 0 radical (unpaired) electrons. The van der Waals surface area contributed by atoms with Crippen molar-refractivity contribution in [2.24, 2.45) is 0 Å². The summed E-state index contributed by atoms with van der Waals surface area (Å²) in [4.78, 5) is 14.0. The van der Waals surface area contributed by atoms with Gasteiger partial charge in [0, 0.05) is 29.9 Å². The first-order valence-corrected chi connectivity index (χ1v) is 6.64. The number of hydrogen-bond acceptors (Lipinski definition) is 2. The molecule has 0 atom stereocenters. The lowest BCUT2D eigenvalue weighted by atomic mass is 10.0. The van der Waals surface area contributed by atoms with E-state index >= 15 is 0 Å². The molecule has 1 aromatic carbocycles. The number of carbonyl (C=O) groups excluding carboxylic acids is 1. The molecule has 0 amide bonds. The third kappa shape index (κ3) is 2.33. The second-order valence-corrected chi connectivity index (χ2v) is 5.05. The minimum atomic E-state index is 0.103. The fraction of sp³-hybridized carbons (Fsp3) is 0.438. The third-order valence-electron chi connectivity index (χ3n) is 3.92. The zero-order valence-electron chi connectivity index (χ0n) is 11.3. The molecule has 1 saturated carbocycles. The number of rotatable bonds is 4. The van der Waals surface area contributed by atoms with Gasteiger partial charge in [-0.3, -0.25) is 4.79 Å². The topological polar surface area (TPSA) is 20.3 Å². The van der Waals surface area contributed by atoms with Gasteiger partial charge in [0.25, 0.3) is 0 Å². The van der Waals surface area contributed by atoms with Crippen LogP contribution in [0.4, 0.5) is 5.69 Å². The van der Waals surface area contributed by atoms with Crippen molar-refractivity contribution in [1.29, 1.82) is 0 Å². The number of carbonyl (C=O) groups is 1. The van der Waals surface area contributed by atoms with Crippen molar-refractivity contribution in [2.45, 2.75) is 38.6 Å². The van der Waals surface area contributed by atoms with Gasteiger partial charge in [-0.1, -0.05) is 37.6 Å². The molecule has 1 fully saturated rings. The van der Waals surface area contributed by atoms with Crippen molar-refractivity contribution in [3.8, 4) is 0 Å². The molecule has 2 nitrogen and oxygen atoms in total. The number of Topliss-reactive ketones (excluding diaryl/α,β-unsaturated/α-hetero) is 1. The monoisotopic (exact) mass is 243 g/mol. The second-order valence-electron chi connectivity index (χ2n) is 5.05. The van der Waals surface area contributed by atoms with Gasteiger partial charge in [-0.05, 0) is 25.8 Å². The van der Waals surface area contributed by atoms with Gasteiger partial charge in [0.2, 0.25) is 0 Å². The minimum absolute atomic E-state index is 0.103. The summed E-state index contributed by atoms with van der Waals surface area (Å²) < 4.78 is 0. The van der Waals surface area contributed by atoms with Crippen LogP contribution in [-0.2, 0) is 0 Å². The van der Waals surface area contributed by atoms with Crippen molar-refractivity contribution in [3.05, 3.63) is 35.9 Å². The Labute approximate surface area is 109 Å². The summed E-state index contributed by atoms with van der Waals surface area (Å²) in [5, 5.41) is 0. The first-order chi connectivity index (χ1) is 8.65. The van der Waals surface area contributed by atoms with Crippen molar-refractivity contribution in [2.75, 3.05) is 11.9 Å². The molecule has 1 aromatic rings. The molecule has 0 unspecified atom stereocenters. The van der Waals surface area contributed by atoms with E-state index in [2.05, 4.69) is 24.6 Å². The number of anilines is 1. The Kier molecular flexibility index (Phi) is 3.85. The summed E-state index contributed by atoms with van der Waals surface area (Å²) in [6.45, 7) is 5.48. The number of hydrogen-bond donors (Lipinski definition) is 0. The molecule has 2 rings (SSSR count). The fourth-order valence-electron chi connectivity index (χ4n) is 2.87. The van der Waals surface area contributed by atoms with E-state index in [4.69, 9.17) is 0 Å². The Morgan fingerprint density at radius 2 is 2.06 bits per heavy atom. The van der Waals surface area contributed by atoms with Crippen LogP contribution < -0.4 is 4.90 Å². The third-order valence-corrected chi connectivity index (χ3v) is 3.92. The fourth-order valence-corrected chi connectivity index (χ4v) is 2.87. The largest absolute Gasteiger partial charge is 0.371 e. The average molecular weight is 243 g/mol. The highest BCUT2D eigenvalue weighted by molar-refractivity contribution is 5.99. The summed E-state index contributed by atoms with van der Waals surface area (Å²) in [7, 11) is 2.13. The highest BCUT2D eigenvalue weighted by Gasteiger charge is 2.22. The number of benzene rings is 1. The van der Waals surface area contributed by atoms with Gasteiger partial charge >= 0.3 is 0 Å². The quantitative estimate of drug-likeness (QED) is 0.747. The summed E-state index contributed by atoms with van der Waals surface area (Å²) in [6.07, 6.45) is 6.92. The van der Waals surface area contributed by atoms with E-state index in [1.807, 2.05) is 12.1 Å². The van der Waals surface area contributed by atoms with E-state index in [0.717, 1.165) is 16.8 Å². The molecule has 1 aliphatic rings. The molecule has 1 aliphatic carbocycles. The lowest BCUT2D eigenvalue weighted by Crippen LogP contribution is -2.29. The van der Waals surface area contributed by atoms with Crippen molar-refractivity contribution >= 4 is 17.5 Å². The van der Waals surface area contributed by atoms with Gasteiger partial charge in [-0.25, -0.2) is 0 Å². The predicted octanol–water partition coefficient (Wildman–Crippen LogP) is 3.91. The maximum atomic E-state index is 11.7. The summed E-state index contributed by atoms with van der Waals surface area (Å²) >= 11 is 0. The lowest BCUT2D eigenvalue weighted by molar-refractivity contribution is 0.101. The maximum Gasteiger partial charge on any atom is 0.160 e. The van der Waals surface area contributed by atoms with Crippen LogP contribution >= 0.6 is 0 Å². The van der Waals surface area contributed by atoms with Crippen LogP contribution in [0.3, 0.4) is 0 Å². The van der Waals surface area contributed by atoms with Gasteiger partial charge in [0.1, 0.15) is 0 Å². The Morgan fingerprint density at radius 1 is 1.39 bits per heavy atom. The van der Waals surface area contributed by atoms with E-state index in [-0.39, 0.29) is 5.78 Å². The Morgan fingerprint density at radius 3 is 2.61 bits per heavy atom. The molecule has 0 saturated heterocycles. The van der Waals surface area contributed by atoms with Gasteiger partial charge in [0.15, 0.2) is 5.78 Å². The van der Waals surface area contributed by atoms with E-state index in [0.29, 0.717) is 6.04 Å². The van der Waals surface area contributed by atoms with Gasteiger partial charge < -0.3 is 4.90 Å². The first-order valence-electron chi connectivity index (χ1n) is 6.64. The zero-order valence-corrected chi connectivity index (χ0v) is 11.3. The van der Waals surface area contributed by atoms with Crippen LogP contribution in [0.2, 0.25) is 0 Å². The highest BCUT2D eigenvalue weighted by Crippen LogP contribution is 2.31. The Hall–Kier alpha value is -1.57. The molecule has 18 heavy (non-hydrogen) atoms. The molecule has 0 aromatic heterocycles. The zero-order chi connectivity index (χ0) is 13.1. The molecule has 96 valence electrons. The van der Waals surface area contributed by atoms with Crippen molar-refractivity contribution < 1.29 is 4.79 Å². The predicted molar refractivity (Wildman–Crippen MR) is 77.2 cm³/mol. The molecule has 0 N–H and O–H groups in total. The van der Waals surface area contributed by atoms with Gasteiger partial charge in [0.05, 0.1) is 0 Å². The molecule has 2 heteroatoms. The summed E-state index contributed by atoms with van der Waals surface area (Å²) in [6, 6.07) is 6.53. The van der Waals surface area contributed by atoms with E-state index in [1.165, 1.54) is 25.7 Å². The van der Waals surface area contributed by atoms with Gasteiger partial charge in [-0.15, -0.1) is 0 Å². The smallest absolute Gasteiger partial charge is 0.160 e. The van der Waals surface area contributed by atoms with Crippen LogP contribution in [0.5, 0.6) is 0 Å². The number of ketones is 1. The molecule has 0 bridgehead atoms. The first kappa shape index (κ1) is 12.9. The van der Waals surface area contributed by atoms with Crippen molar-refractivity contribution in [3.63, 3.8) is 0 Å². The molecule has 0 spiro atoms. The van der Waals surface area contributed by atoms with Crippen LogP contribution in [0.1, 0.15) is 48.5 Å². The Bertz CT molecular complexity index is 458.